The number of aromatic amines is 1. The smallest absolute Gasteiger partial charge is 0.181 e. The summed E-state index contributed by atoms with van der Waals surface area (Å²) in [4.78, 5) is 11.5. The minimum absolute atomic E-state index is 0.220. The molecule has 0 aliphatic carbocycles. The molecule has 0 spiro atoms. The number of fused-ring (bicyclic) bond motifs is 1. The first kappa shape index (κ1) is 23.5. The van der Waals surface area contributed by atoms with E-state index in [0.29, 0.717) is 23.7 Å². The summed E-state index contributed by atoms with van der Waals surface area (Å²) in [5.74, 6) is 2.48. The molecular weight excluding hydrogens is 469 g/mol. The van der Waals surface area contributed by atoms with Gasteiger partial charge in [-0.1, -0.05) is 12.1 Å². The number of aliphatic imine (C=N–C) groups is 1. The van der Waals surface area contributed by atoms with E-state index in [9.17, 15) is 4.39 Å². The lowest BCUT2D eigenvalue weighted by atomic mass is 9.96. The number of H-pyrrole nitrogens is 1. The third-order valence-corrected chi connectivity index (χ3v) is 7.43. The molecule has 2 aliphatic heterocycles. The number of rotatable bonds is 6. The van der Waals surface area contributed by atoms with Crippen molar-refractivity contribution in [3.63, 3.8) is 0 Å². The lowest BCUT2D eigenvalue weighted by Gasteiger charge is -2.32. The van der Waals surface area contributed by atoms with Crippen LogP contribution in [0.25, 0.3) is 22.3 Å². The monoisotopic (exact) mass is 499 g/mol. The van der Waals surface area contributed by atoms with Gasteiger partial charge in [0.15, 0.2) is 5.82 Å². The molecule has 4 aromatic rings. The molecule has 2 aromatic carbocycles. The largest absolute Gasteiger partial charge is 0.496 e. The van der Waals surface area contributed by atoms with E-state index in [4.69, 9.17) is 14.8 Å². The zero-order chi connectivity index (χ0) is 25.4. The van der Waals surface area contributed by atoms with Gasteiger partial charge >= 0.3 is 0 Å². The van der Waals surface area contributed by atoms with Crippen LogP contribution in [0, 0.1) is 5.82 Å². The second-order valence-electron chi connectivity index (χ2n) is 9.80. The number of piperidine rings is 1. The Kier molecular flexibility index (Phi) is 6.30. The number of hydrogen-bond acceptors (Lipinski definition) is 6. The van der Waals surface area contributed by atoms with Crippen LogP contribution in [0.3, 0.4) is 0 Å². The van der Waals surface area contributed by atoms with Gasteiger partial charge in [0.05, 0.1) is 18.3 Å². The number of nitrogens with zero attached hydrogens (tertiary/aromatic N) is 6. The van der Waals surface area contributed by atoms with Crippen molar-refractivity contribution in [2.75, 3.05) is 20.2 Å². The molecule has 0 saturated carbocycles. The lowest BCUT2D eigenvalue weighted by Crippen LogP contribution is -2.35. The minimum atomic E-state index is -0.229. The molecule has 1 fully saturated rings. The average Bonchev–Trinajstić information content (AvgIpc) is 3.53. The fourth-order valence-electron chi connectivity index (χ4n) is 5.52. The first-order valence-corrected chi connectivity index (χ1v) is 12.7. The Hall–Kier alpha value is -3.85. The summed E-state index contributed by atoms with van der Waals surface area (Å²) in [6.45, 7) is 2.22. The van der Waals surface area contributed by atoms with Crippen LogP contribution in [-0.4, -0.2) is 56.3 Å². The van der Waals surface area contributed by atoms with Gasteiger partial charge < -0.3 is 4.74 Å². The second kappa shape index (κ2) is 9.89. The van der Waals surface area contributed by atoms with Crippen molar-refractivity contribution in [1.29, 1.82) is 0 Å². The van der Waals surface area contributed by atoms with Gasteiger partial charge in [0, 0.05) is 60.9 Å². The van der Waals surface area contributed by atoms with Crippen LogP contribution in [0.1, 0.15) is 48.2 Å². The highest BCUT2D eigenvalue weighted by Gasteiger charge is 2.27. The maximum absolute atomic E-state index is 14.6. The zero-order valence-corrected chi connectivity index (χ0v) is 21.1. The summed E-state index contributed by atoms with van der Waals surface area (Å²) >= 11 is 0. The van der Waals surface area contributed by atoms with E-state index in [1.807, 2.05) is 42.3 Å². The Morgan fingerprint density at radius 3 is 2.97 bits per heavy atom. The molecule has 2 aromatic heterocycles. The van der Waals surface area contributed by atoms with Gasteiger partial charge in [-0.3, -0.25) is 19.7 Å². The molecule has 1 unspecified atom stereocenters. The highest BCUT2D eigenvalue weighted by molar-refractivity contribution is 5.86. The van der Waals surface area contributed by atoms with Crippen LogP contribution >= 0.6 is 0 Å². The molecule has 0 amide bonds. The normalized spacial score (nSPS) is 20.1. The van der Waals surface area contributed by atoms with E-state index in [-0.39, 0.29) is 17.7 Å². The molecule has 4 heterocycles. The van der Waals surface area contributed by atoms with E-state index in [1.54, 1.807) is 13.2 Å². The summed E-state index contributed by atoms with van der Waals surface area (Å²) in [5, 5.41) is 13.6. The molecule has 190 valence electrons. The molecule has 9 heteroatoms. The van der Waals surface area contributed by atoms with E-state index in [2.05, 4.69) is 32.2 Å². The third-order valence-electron chi connectivity index (χ3n) is 7.43. The first-order chi connectivity index (χ1) is 18.1. The number of ether oxygens (including phenoxy) is 1. The molecule has 1 saturated heterocycles. The van der Waals surface area contributed by atoms with Gasteiger partial charge in [-0.25, -0.2) is 9.37 Å². The Morgan fingerprint density at radius 2 is 2.14 bits per heavy atom. The van der Waals surface area contributed by atoms with Gasteiger partial charge in [0.25, 0.3) is 0 Å². The number of aryl methyl sites for hydroxylation is 1. The standard InChI is InChI=1S/C28H30FN7O/c1-35-28(20-5-4-14-36(16-20)17-22-23(29)6-3-7-25(22)37-2)31-27(34-35)19-8-9-24-21(15-19)26(33-32-24)18-10-12-30-13-11-18/h3,6-10,12-13,15,18,20H,4-5,11,14,16-17H2,1-2H3,(H,32,33)/t18?,20-/m1/s1. The number of aromatic nitrogens is 5. The van der Waals surface area contributed by atoms with Crippen molar-refractivity contribution < 1.29 is 9.13 Å². The lowest BCUT2D eigenvalue weighted by molar-refractivity contribution is 0.190. The highest BCUT2D eigenvalue weighted by Crippen LogP contribution is 2.33. The van der Waals surface area contributed by atoms with Crippen molar-refractivity contribution in [1.82, 2.24) is 29.9 Å². The van der Waals surface area contributed by atoms with E-state index in [1.165, 1.54) is 6.07 Å². The van der Waals surface area contributed by atoms with E-state index in [0.717, 1.165) is 60.3 Å². The van der Waals surface area contributed by atoms with Gasteiger partial charge in [-0.05, 0) is 56.1 Å². The topological polar surface area (TPSA) is 84.2 Å². The van der Waals surface area contributed by atoms with Crippen molar-refractivity contribution in [3.05, 3.63) is 71.6 Å². The van der Waals surface area contributed by atoms with Crippen LogP contribution in [-0.2, 0) is 13.6 Å². The summed E-state index contributed by atoms with van der Waals surface area (Å²) in [6.07, 6.45) is 8.77. The number of methoxy groups -OCH3 is 1. The molecule has 37 heavy (non-hydrogen) atoms. The van der Waals surface area contributed by atoms with Crippen molar-refractivity contribution in [3.8, 4) is 17.1 Å². The molecule has 2 atom stereocenters. The number of nitrogens with one attached hydrogen (secondary N) is 1. The van der Waals surface area contributed by atoms with Gasteiger partial charge in [-0.15, -0.1) is 0 Å². The van der Waals surface area contributed by atoms with E-state index >= 15 is 0 Å². The molecule has 0 bridgehead atoms. The number of allylic oxidation sites excluding steroid dienone is 1. The maximum Gasteiger partial charge on any atom is 0.181 e. The number of likely N-dealkylation sites (tertiary alicyclic amines) is 1. The molecular formula is C28H30FN7O. The number of halogens is 1. The second-order valence-corrected chi connectivity index (χ2v) is 9.80. The Morgan fingerprint density at radius 1 is 1.22 bits per heavy atom. The highest BCUT2D eigenvalue weighted by atomic mass is 19.1. The van der Waals surface area contributed by atoms with Gasteiger partial charge in [0.2, 0.25) is 0 Å². The van der Waals surface area contributed by atoms with Crippen LogP contribution in [0.2, 0.25) is 0 Å². The van der Waals surface area contributed by atoms with Crippen molar-refractivity contribution in [2.24, 2.45) is 12.0 Å². The fourth-order valence-corrected chi connectivity index (χ4v) is 5.52. The Bertz CT molecular complexity index is 1490. The van der Waals surface area contributed by atoms with E-state index < -0.39 is 0 Å². The Labute approximate surface area is 214 Å². The molecule has 1 N–H and O–H groups in total. The molecule has 6 rings (SSSR count). The van der Waals surface area contributed by atoms with Gasteiger partial charge in [-0.2, -0.15) is 10.2 Å². The average molecular weight is 500 g/mol. The van der Waals surface area contributed by atoms with Crippen LogP contribution in [0.5, 0.6) is 5.75 Å². The molecule has 8 nitrogen and oxygen atoms in total. The van der Waals surface area contributed by atoms with Crippen molar-refractivity contribution >= 4 is 17.1 Å². The number of benzene rings is 2. The van der Waals surface area contributed by atoms with Gasteiger partial charge in [0.1, 0.15) is 17.4 Å². The van der Waals surface area contributed by atoms with Crippen LogP contribution in [0.15, 0.2) is 53.7 Å². The number of hydrogen-bond donors (Lipinski definition) is 1. The minimum Gasteiger partial charge on any atom is -0.496 e. The Balaban J connectivity index is 1.24. The molecule has 2 aliphatic rings. The van der Waals surface area contributed by atoms with Crippen LogP contribution < -0.4 is 4.74 Å². The predicted octanol–water partition coefficient (Wildman–Crippen LogP) is 4.96. The maximum atomic E-state index is 14.6. The van der Waals surface area contributed by atoms with Crippen molar-refractivity contribution in [2.45, 2.75) is 37.6 Å². The zero-order valence-electron chi connectivity index (χ0n) is 21.1. The summed E-state index contributed by atoms with van der Waals surface area (Å²) in [7, 11) is 3.54. The summed E-state index contributed by atoms with van der Waals surface area (Å²) in [5.41, 5.74) is 3.58. The summed E-state index contributed by atoms with van der Waals surface area (Å²) < 4.78 is 21.9. The quantitative estimate of drug-likeness (QED) is 0.406. The molecule has 0 radical (unpaired) electrons. The first-order valence-electron chi connectivity index (χ1n) is 12.7. The van der Waals surface area contributed by atoms with Crippen LogP contribution in [0.4, 0.5) is 4.39 Å². The summed E-state index contributed by atoms with van der Waals surface area (Å²) in [6, 6.07) is 11.2. The predicted molar refractivity (Wildman–Crippen MR) is 141 cm³/mol. The fraction of sp³-hybridized carbons (Fsp3) is 0.357. The third kappa shape index (κ3) is 4.55. The SMILES string of the molecule is COc1cccc(F)c1CN1CCC[C@@H](c2nc(-c3ccc4n[nH]c(C5C=CN=CC5)c4c3)nn2C)C1.